The first-order valence-electron chi connectivity index (χ1n) is 8.79. The molecule has 0 saturated carbocycles. The molecule has 1 fully saturated rings. The lowest BCUT2D eigenvalue weighted by Gasteiger charge is -2.21. The van der Waals surface area contributed by atoms with Crippen molar-refractivity contribution < 1.29 is 9.53 Å². The van der Waals surface area contributed by atoms with E-state index in [2.05, 4.69) is 40.3 Å². The van der Waals surface area contributed by atoms with E-state index < -0.39 is 0 Å². The summed E-state index contributed by atoms with van der Waals surface area (Å²) in [6, 6.07) is 0. The number of rotatable bonds is 2. The molecule has 0 amide bonds. The van der Waals surface area contributed by atoms with Crippen molar-refractivity contribution in [2.75, 3.05) is 0 Å². The molecule has 0 bridgehead atoms. The fraction of sp³-hybridized carbons (Fsp3) is 0.750. The van der Waals surface area contributed by atoms with Crippen molar-refractivity contribution in [3.05, 3.63) is 23.8 Å². The molecule has 0 N–H and O–H groups in total. The molecule has 4 atom stereocenters. The summed E-state index contributed by atoms with van der Waals surface area (Å²) in [6.45, 7) is 14.9. The molecule has 0 aromatic heterocycles. The summed E-state index contributed by atoms with van der Waals surface area (Å²) >= 11 is 0. The largest absolute Gasteiger partial charge is 0.366 e. The lowest BCUT2D eigenvalue weighted by atomic mass is 9.82. The number of hydrogen-bond acceptors (Lipinski definition) is 2. The van der Waals surface area contributed by atoms with Gasteiger partial charge in [-0.3, -0.25) is 4.79 Å². The first kappa shape index (κ1) is 17.5. The summed E-state index contributed by atoms with van der Waals surface area (Å²) in [5.74, 6) is 1.12. The van der Waals surface area contributed by atoms with Crippen LogP contribution in [-0.2, 0) is 9.53 Å². The predicted molar refractivity (Wildman–Crippen MR) is 91.8 cm³/mol. The summed E-state index contributed by atoms with van der Waals surface area (Å²) in [5.41, 5.74) is 2.42. The third kappa shape index (κ3) is 4.10. The highest BCUT2D eigenvalue weighted by Crippen LogP contribution is 2.45. The van der Waals surface area contributed by atoms with Crippen molar-refractivity contribution in [2.24, 2.45) is 17.8 Å². The fourth-order valence-electron chi connectivity index (χ4n) is 3.56. The van der Waals surface area contributed by atoms with E-state index in [1.54, 1.807) is 0 Å². The molecule has 2 nitrogen and oxygen atoms in total. The van der Waals surface area contributed by atoms with Crippen molar-refractivity contribution in [3.63, 3.8) is 0 Å². The average molecular weight is 304 g/mol. The molecule has 1 aliphatic carbocycles. The SMILES string of the molecule is C=C(C)[C@H]1/C=C(/C(C)C)CC[C@]2(C)O[C@H]2CC[C@H](C)CC1=O. The van der Waals surface area contributed by atoms with Gasteiger partial charge in [0.05, 0.1) is 17.6 Å². The van der Waals surface area contributed by atoms with E-state index in [1.165, 1.54) is 5.57 Å². The smallest absolute Gasteiger partial charge is 0.144 e. The van der Waals surface area contributed by atoms with E-state index in [1.807, 2.05) is 6.92 Å². The molecule has 2 rings (SSSR count). The molecule has 124 valence electrons. The van der Waals surface area contributed by atoms with Gasteiger partial charge in [-0.1, -0.05) is 44.6 Å². The Morgan fingerprint density at radius 1 is 1.41 bits per heavy atom. The minimum absolute atomic E-state index is 0.0651. The van der Waals surface area contributed by atoms with Gasteiger partial charge in [0.2, 0.25) is 0 Å². The molecule has 1 saturated heterocycles. The monoisotopic (exact) mass is 304 g/mol. The van der Waals surface area contributed by atoms with Crippen LogP contribution in [0.5, 0.6) is 0 Å². The summed E-state index contributed by atoms with van der Waals surface area (Å²) in [7, 11) is 0. The molecular formula is C20H32O2. The average Bonchev–Trinajstić information content (AvgIpc) is 3.05. The van der Waals surface area contributed by atoms with Crippen LogP contribution in [0, 0.1) is 17.8 Å². The van der Waals surface area contributed by atoms with Crippen molar-refractivity contribution in [1.82, 2.24) is 0 Å². The summed E-state index contributed by atoms with van der Waals surface area (Å²) in [4.78, 5) is 12.7. The number of carbonyl (C=O) groups excluding carboxylic acids is 1. The molecule has 0 spiro atoms. The predicted octanol–water partition coefficient (Wildman–Crippen LogP) is 5.09. The normalized spacial score (nSPS) is 39.3. The highest BCUT2D eigenvalue weighted by Gasteiger charge is 2.51. The summed E-state index contributed by atoms with van der Waals surface area (Å²) in [6.07, 6.45) is 7.51. The number of epoxide rings is 1. The standard InChI is InChI=1S/C20H32O2/c1-13(2)16-9-10-20(6)19(22-20)8-7-15(5)11-18(21)17(12-16)14(3)4/h12-13,15,17,19H,3,7-11H2,1-2,4-6H3/b16-12+/t15-,17+,19-,20-/m0/s1. The molecule has 0 aromatic rings. The molecule has 1 aliphatic heterocycles. The van der Waals surface area contributed by atoms with Crippen molar-refractivity contribution in [3.8, 4) is 0 Å². The van der Waals surface area contributed by atoms with Crippen LogP contribution < -0.4 is 0 Å². The van der Waals surface area contributed by atoms with Gasteiger partial charge in [-0.15, -0.1) is 0 Å². The van der Waals surface area contributed by atoms with E-state index in [0.717, 1.165) is 31.3 Å². The van der Waals surface area contributed by atoms with E-state index in [4.69, 9.17) is 4.74 Å². The molecule has 1 heterocycles. The molecule has 2 aliphatic rings. The Labute approximate surface area is 136 Å². The van der Waals surface area contributed by atoms with Gasteiger partial charge in [-0.2, -0.15) is 0 Å². The minimum atomic E-state index is -0.108. The first-order valence-corrected chi connectivity index (χ1v) is 8.79. The zero-order valence-corrected chi connectivity index (χ0v) is 14.9. The third-order valence-electron chi connectivity index (χ3n) is 5.42. The third-order valence-corrected chi connectivity index (χ3v) is 5.42. The maximum Gasteiger partial charge on any atom is 0.144 e. The Kier molecular flexibility index (Phi) is 5.32. The van der Waals surface area contributed by atoms with Crippen LogP contribution >= 0.6 is 0 Å². The lowest BCUT2D eigenvalue weighted by Crippen LogP contribution is -2.20. The Balaban J connectivity index is 2.26. The Morgan fingerprint density at radius 3 is 2.68 bits per heavy atom. The van der Waals surface area contributed by atoms with Crippen molar-refractivity contribution in [2.45, 2.75) is 78.4 Å². The number of fused-ring (bicyclic) bond motifs is 1. The Hall–Kier alpha value is -0.890. The van der Waals surface area contributed by atoms with Gasteiger partial charge < -0.3 is 4.74 Å². The second-order valence-corrected chi connectivity index (χ2v) is 7.99. The molecule has 22 heavy (non-hydrogen) atoms. The van der Waals surface area contributed by atoms with Crippen LogP contribution in [0.4, 0.5) is 0 Å². The van der Waals surface area contributed by atoms with Gasteiger partial charge in [0, 0.05) is 6.42 Å². The highest BCUT2D eigenvalue weighted by molar-refractivity contribution is 5.85. The lowest BCUT2D eigenvalue weighted by molar-refractivity contribution is -0.121. The molecule has 0 radical (unpaired) electrons. The maximum absolute atomic E-state index is 12.7. The van der Waals surface area contributed by atoms with E-state index >= 15 is 0 Å². The van der Waals surface area contributed by atoms with E-state index in [0.29, 0.717) is 30.1 Å². The van der Waals surface area contributed by atoms with Crippen molar-refractivity contribution in [1.29, 1.82) is 0 Å². The summed E-state index contributed by atoms with van der Waals surface area (Å²) in [5, 5.41) is 0. The Morgan fingerprint density at radius 2 is 2.09 bits per heavy atom. The van der Waals surface area contributed by atoms with Crippen LogP contribution in [0.25, 0.3) is 0 Å². The van der Waals surface area contributed by atoms with Crippen LogP contribution in [0.2, 0.25) is 0 Å². The zero-order chi connectivity index (χ0) is 16.5. The van der Waals surface area contributed by atoms with Gasteiger partial charge in [0.15, 0.2) is 0 Å². The zero-order valence-electron chi connectivity index (χ0n) is 14.9. The second kappa shape index (κ2) is 6.70. The van der Waals surface area contributed by atoms with Crippen molar-refractivity contribution >= 4 is 5.78 Å². The first-order chi connectivity index (χ1) is 10.2. The van der Waals surface area contributed by atoms with Crippen LogP contribution in [0.3, 0.4) is 0 Å². The second-order valence-electron chi connectivity index (χ2n) is 7.99. The minimum Gasteiger partial charge on any atom is -0.366 e. The van der Waals surface area contributed by atoms with Crippen LogP contribution in [0.15, 0.2) is 23.8 Å². The highest BCUT2D eigenvalue weighted by atomic mass is 16.6. The number of carbonyl (C=O) groups is 1. The molecule has 0 unspecified atom stereocenters. The molecule has 0 aromatic carbocycles. The maximum atomic E-state index is 12.7. The number of allylic oxidation sites excluding steroid dienone is 3. The van der Waals surface area contributed by atoms with Gasteiger partial charge >= 0.3 is 0 Å². The molecular weight excluding hydrogens is 272 g/mol. The van der Waals surface area contributed by atoms with Gasteiger partial charge in [-0.05, 0) is 51.4 Å². The number of ether oxygens (including phenoxy) is 1. The van der Waals surface area contributed by atoms with Gasteiger partial charge in [0.25, 0.3) is 0 Å². The topological polar surface area (TPSA) is 29.6 Å². The quantitative estimate of drug-likeness (QED) is 0.525. The van der Waals surface area contributed by atoms with Gasteiger partial charge in [-0.25, -0.2) is 0 Å². The number of Topliss-reactive ketones (excluding diaryl/α,β-unsaturated/α-hetero) is 1. The van der Waals surface area contributed by atoms with Crippen LogP contribution in [-0.4, -0.2) is 17.5 Å². The van der Waals surface area contributed by atoms with Gasteiger partial charge in [0.1, 0.15) is 5.78 Å². The van der Waals surface area contributed by atoms with E-state index in [9.17, 15) is 4.79 Å². The number of ketones is 1. The number of hydrogen-bond donors (Lipinski definition) is 0. The summed E-state index contributed by atoms with van der Waals surface area (Å²) < 4.78 is 5.97. The Bertz CT molecular complexity index is 474. The molecule has 2 heteroatoms. The van der Waals surface area contributed by atoms with E-state index in [-0.39, 0.29) is 11.5 Å². The fourth-order valence-corrected chi connectivity index (χ4v) is 3.56. The van der Waals surface area contributed by atoms with Crippen LogP contribution in [0.1, 0.15) is 66.7 Å².